The first-order valence-electron chi connectivity index (χ1n) is 31.7. The highest BCUT2D eigenvalue weighted by Gasteiger charge is 2.74. The Labute approximate surface area is 548 Å². The van der Waals surface area contributed by atoms with E-state index in [2.05, 4.69) is 231 Å². The van der Waals surface area contributed by atoms with Crippen LogP contribution in [-0.2, 0) is 5.41 Å². The molecule has 3 saturated carbocycles. The van der Waals surface area contributed by atoms with Crippen LogP contribution in [0.4, 0.5) is 65.9 Å². The van der Waals surface area contributed by atoms with E-state index >= 15 is 0 Å². The second-order valence-corrected chi connectivity index (χ2v) is 27.9. The lowest BCUT2D eigenvalue weighted by Gasteiger charge is -2.47. The van der Waals surface area contributed by atoms with Crippen molar-refractivity contribution in [1.29, 1.82) is 0 Å². The molecule has 0 heterocycles. The third-order valence-electron chi connectivity index (χ3n) is 17.6. The molecule has 0 amide bonds. The largest absolute Gasteiger partial charge is 0.321 e. The molecule has 0 nitrogen and oxygen atoms in total. The number of hydrogen-bond donors (Lipinski definition) is 0. The van der Waals surface area contributed by atoms with E-state index in [9.17, 15) is 65.9 Å². The number of benzene rings is 6. The van der Waals surface area contributed by atoms with Crippen molar-refractivity contribution < 1.29 is 65.9 Å². The van der Waals surface area contributed by atoms with Crippen LogP contribution in [0.15, 0.2) is 146 Å². The summed E-state index contributed by atoms with van der Waals surface area (Å²) in [6.07, 6.45) is -7.30. The van der Waals surface area contributed by atoms with Gasteiger partial charge in [0.2, 0.25) is 6.43 Å². The molecule has 3 fully saturated rings. The summed E-state index contributed by atoms with van der Waals surface area (Å²) in [5, 5.41) is 0. The fourth-order valence-electron chi connectivity index (χ4n) is 10.0. The molecule has 522 valence electrons. The fourth-order valence-corrected chi connectivity index (χ4v) is 10.0. The van der Waals surface area contributed by atoms with Crippen molar-refractivity contribution in [3.63, 3.8) is 0 Å². The predicted octanol–water partition coefficient (Wildman–Crippen LogP) is 26.5. The number of halogens is 15. The summed E-state index contributed by atoms with van der Waals surface area (Å²) in [6.45, 7) is 38.2. The zero-order valence-electron chi connectivity index (χ0n) is 58.8. The summed E-state index contributed by atoms with van der Waals surface area (Å²) in [5.41, 5.74) is 9.49. The lowest BCUT2D eigenvalue weighted by molar-refractivity contribution is -0.327. The van der Waals surface area contributed by atoms with Crippen LogP contribution in [-0.4, -0.2) is 47.6 Å². The molecule has 3 aliphatic rings. The molecule has 3 aliphatic carbocycles. The first kappa shape index (κ1) is 85.3. The van der Waals surface area contributed by atoms with Gasteiger partial charge in [0.15, 0.2) is 5.67 Å². The number of alkyl halides is 15. The topological polar surface area (TPSA) is 0 Å². The third kappa shape index (κ3) is 25.1. The van der Waals surface area contributed by atoms with E-state index in [4.69, 9.17) is 0 Å². The minimum atomic E-state index is -4.66. The van der Waals surface area contributed by atoms with Gasteiger partial charge < -0.3 is 0 Å². The molecular formula is C78H105F15. The zero-order chi connectivity index (χ0) is 72.2. The van der Waals surface area contributed by atoms with Crippen molar-refractivity contribution in [3.8, 4) is 0 Å². The second-order valence-electron chi connectivity index (χ2n) is 27.9. The van der Waals surface area contributed by atoms with Crippen LogP contribution >= 0.6 is 0 Å². The van der Waals surface area contributed by atoms with Crippen molar-refractivity contribution in [3.05, 3.63) is 212 Å². The highest BCUT2D eigenvalue weighted by atomic mass is 19.3. The summed E-state index contributed by atoms with van der Waals surface area (Å²) in [5.74, 6) is -26.3. The summed E-state index contributed by atoms with van der Waals surface area (Å²) < 4.78 is 194. The van der Waals surface area contributed by atoms with Gasteiger partial charge in [0.05, 0.1) is 11.8 Å². The maximum atomic E-state index is 13.3. The van der Waals surface area contributed by atoms with Gasteiger partial charge in [-0.3, -0.25) is 0 Å². The van der Waals surface area contributed by atoms with Gasteiger partial charge in [-0.1, -0.05) is 230 Å². The molecule has 0 bridgehead atoms. The SMILES string of the molecule is CC1(F)CCC(F)(F)CC1(F)F.C[C@@H]1CCC(C)(C(F)F)C(F)(F)C1(F)F.C[C@@H]1CCC(C)(C)C(F)(F)C1(F)F.Cc1ccc(C)c(C)c1.Cc1ccc(C)cc1.Cc1ccccc1.Cc1ccccc1C.Cc1ccccc1C(C)(C)C.Cc1ccccc1C(C)C. The normalized spacial score (nSPS) is 22.1. The maximum absolute atomic E-state index is 13.3. The van der Waals surface area contributed by atoms with E-state index < -0.39 is 96.0 Å². The van der Waals surface area contributed by atoms with Crippen molar-refractivity contribution in [2.24, 2.45) is 22.7 Å². The molecule has 4 atom stereocenters. The van der Waals surface area contributed by atoms with E-state index in [0.29, 0.717) is 19.8 Å². The van der Waals surface area contributed by atoms with Gasteiger partial charge in [0.25, 0.3) is 11.8 Å². The van der Waals surface area contributed by atoms with Crippen LogP contribution in [0, 0.1) is 91.9 Å². The van der Waals surface area contributed by atoms with Gasteiger partial charge >= 0.3 is 23.7 Å². The molecule has 0 saturated heterocycles. The molecule has 2 unspecified atom stereocenters. The van der Waals surface area contributed by atoms with Crippen LogP contribution in [0.2, 0.25) is 0 Å². The van der Waals surface area contributed by atoms with Crippen molar-refractivity contribution >= 4 is 0 Å². The molecule has 15 heteroatoms. The smallest absolute Gasteiger partial charge is 0.238 e. The first-order chi connectivity index (χ1) is 42.3. The maximum Gasteiger partial charge on any atom is 0.321 e. The van der Waals surface area contributed by atoms with Crippen LogP contribution in [0.5, 0.6) is 0 Å². The van der Waals surface area contributed by atoms with Crippen molar-refractivity contribution in [2.45, 2.75) is 249 Å². The van der Waals surface area contributed by atoms with E-state index in [1.165, 1.54) is 87.5 Å². The molecule has 0 aliphatic heterocycles. The Hall–Kier alpha value is -5.73. The van der Waals surface area contributed by atoms with Crippen LogP contribution in [0.3, 0.4) is 0 Å². The van der Waals surface area contributed by atoms with Crippen LogP contribution in [0.1, 0.15) is 194 Å². The highest BCUT2D eigenvalue weighted by Crippen LogP contribution is 2.60. The van der Waals surface area contributed by atoms with Gasteiger partial charge in [-0.15, -0.1) is 0 Å². The van der Waals surface area contributed by atoms with Crippen LogP contribution in [0.25, 0.3) is 0 Å². The van der Waals surface area contributed by atoms with E-state index in [1.807, 2.05) is 18.2 Å². The number of hydrogen-bond acceptors (Lipinski definition) is 0. The zero-order valence-corrected chi connectivity index (χ0v) is 58.8. The van der Waals surface area contributed by atoms with Crippen LogP contribution < -0.4 is 0 Å². The summed E-state index contributed by atoms with van der Waals surface area (Å²) in [4.78, 5) is 0. The Morgan fingerprint density at radius 3 is 1.10 bits per heavy atom. The minimum Gasteiger partial charge on any atom is -0.238 e. The Kier molecular flexibility index (Phi) is 32.4. The monoisotopic (exact) mass is 1330 g/mol. The Morgan fingerprint density at radius 1 is 0.398 bits per heavy atom. The average Bonchev–Trinajstić information content (AvgIpc) is 0.741. The predicted molar refractivity (Wildman–Crippen MR) is 357 cm³/mol. The minimum absolute atomic E-state index is 0.150. The standard InChI is InChI=1S/C11H16.C10H14.C9H12F6.C9H14F4.C9H12.2C8H10.C7H9F5.C7H8/c1-9-7-5-6-8-10(9)11(2,3)4;1-8(2)10-7-5-4-6-9(10)3;1-5-3-4-7(2,6(10)11)9(14,15)8(5,12)13;1-6-4-5-7(2,3)9(12,13)8(6,10)11;1-7-4-5-8(2)9(3)6-7;1-7-3-5-8(2)6-4-7;1-7-5-3-4-6-8(7)2;1-5(8)2-3-6(9,10)4-7(5,11)12;1-7-5-3-2-4-6-7/h5-8H,1-4H3;4-8H,1-3H3;5-6H,3-4H2,1-2H3;6H,4-5H2,1-3H3;4-6H,1-3H3;2*3-6H,1-2H3;2-4H2,1H3;2-6H,1H3/t;;5-,7?;6-;;;;;/m..11...../s1. The van der Waals surface area contributed by atoms with E-state index in [0.717, 1.165) is 6.92 Å². The summed E-state index contributed by atoms with van der Waals surface area (Å²) in [6, 6.07) is 50.7. The average molecular weight is 1330 g/mol. The summed E-state index contributed by atoms with van der Waals surface area (Å²) >= 11 is 0. The van der Waals surface area contributed by atoms with Gasteiger partial charge in [-0.05, 0) is 171 Å². The molecule has 6 aromatic carbocycles. The van der Waals surface area contributed by atoms with Gasteiger partial charge in [-0.25, -0.2) is 30.7 Å². The molecule has 9 rings (SSSR count). The molecular weight excluding hydrogens is 1220 g/mol. The van der Waals surface area contributed by atoms with Gasteiger partial charge in [0.1, 0.15) is 0 Å². The lowest BCUT2D eigenvalue weighted by atomic mass is 9.67. The lowest BCUT2D eigenvalue weighted by Crippen LogP contribution is -2.61. The Morgan fingerprint density at radius 2 is 0.774 bits per heavy atom. The first-order valence-corrected chi connectivity index (χ1v) is 31.7. The number of rotatable bonds is 2. The van der Waals surface area contributed by atoms with E-state index in [-0.39, 0.29) is 24.7 Å². The molecule has 0 N–H and O–H groups in total. The quantitative estimate of drug-likeness (QED) is 0.152. The summed E-state index contributed by atoms with van der Waals surface area (Å²) in [7, 11) is 0. The van der Waals surface area contributed by atoms with Gasteiger partial charge in [-0.2, -0.15) is 35.1 Å². The molecule has 6 aromatic rings. The highest BCUT2D eigenvalue weighted by molar-refractivity contribution is 5.32. The molecule has 93 heavy (non-hydrogen) atoms. The molecule has 0 spiro atoms. The van der Waals surface area contributed by atoms with Gasteiger partial charge in [0, 0.05) is 23.7 Å². The van der Waals surface area contributed by atoms with Crippen molar-refractivity contribution in [2.75, 3.05) is 0 Å². The Balaban J connectivity index is 0.000000527. The molecule has 0 radical (unpaired) electrons. The number of aryl methyl sites for hydroxylation is 10. The Bertz CT molecular complexity index is 3070. The van der Waals surface area contributed by atoms with Crippen molar-refractivity contribution in [1.82, 2.24) is 0 Å². The fraction of sp³-hybridized carbons (Fsp3) is 0.538. The molecule has 0 aromatic heterocycles. The second kappa shape index (κ2) is 35.3. The third-order valence-corrected chi connectivity index (χ3v) is 17.6. The van der Waals surface area contributed by atoms with E-state index in [1.54, 1.807) is 0 Å².